The number of alkyl halides is 2. The third-order valence-corrected chi connectivity index (χ3v) is 5.09. The van der Waals surface area contributed by atoms with Crippen LogP contribution in [0.25, 0.3) is 0 Å². The summed E-state index contributed by atoms with van der Waals surface area (Å²) in [6.07, 6.45) is -0.321. The minimum absolute atomic E-state index is 0.295. The van der Waals surface area contributed by atoms with E-state index >= 15 is 0 Å². The third kappa shape index (κ3) is 6.77. The van der Waals surface area contributed by atoms with Gasteiger partial charge in [-0.25, -0.2) is 21.1 Å². The topological polar surface area (TPSA) is 0 Å². The van der Waals surface area contributed by atoms with E-state index in [1.807, 2.05) is 0 Å². The molecule has 0 unspecified atom stereocenters. The van der Waals surface area contributed by atoms with Crippen LogP contribution < -0.4 is 0 Å². The molecule has 0 saturated heterocycles. The Balaban J connectivity index is 3.57. The number of rotatable bonds is 5. The highest BCUT2D eigenvalue weighted by Crippen LogP contribution is 2.22. The lowest BCUT2D eigenvalue weighted by Gasteiger charge is -2.12. The van der Waals surface area contributed by atoms with Crippen molar-refractivity contribution in [2.75, 3.05) is 0 Å². The van der Waals surface area contributed by atoms with Crippen molar-refractivity contribution in [3.8, 4) is 0 Å². The van der Waals surface area contributed by atoms with Gasteiger partial charge in [0.1, 0.15) is 9.52 Å². The summed E-state index contributed by atoms with van der Waals surface area (Å²) in [6.45, 7) is 1.30. The van der Waals surface area contributed by atoms with Gasteiger partial charge >= 0.3 is 9.08 Å². The second-order valence-electron chi connectivity index (χ2n) is 2.68. The first-order valence-corrected chi connectivity index (χ1v) is 7.26. The van der Waals surface area contributed by atoms with Gasteiger partial charge in [0.15, 0.2) is 0 Å². The van der Waals surface area contributed by atoms with Crippen molar-refractivity contribution in [3.63, 3.8) is 0 Å². The van der Waals surface area contributed by atoms with Crippen LogP contribution in [0.1, 0.15) is 13.3 Å². The molecule has 0 heterocycles. The first kappa shape index (κ1) is 12.1. The van der Waals surface area contributed by atoms with E-state index < -0.39 is 30.2 Å². The summed E-state index contributed by atoms with van der Waals surface area (Å²) in [4.78, 5) is 0. The fourth-order valence-electron chi connectivity index (χ4n) is 0.724. The van der Waals surface area contributed by atoms with Gasteiger partial charge in [0.25, 0.3) is 0 Å². The summed E-state index contributed by atoms with van der Waals surface area (Å²) in [6, 6.07) is -1.22. The average molecular weight is 222 g/mol. The van der Waals surface area contributed by atoms with Crippen LogP contribution in [0.2, 0.25) is 12.1 Å². The van der Waals surface area contributed by atoms with Gasteiger partial charge in [0.2, 0.25) is 5.55 Å². The Labute approximate surface area is 71.5 Å². The molecule has 0 aliphatic heterocycles. The van der Waals surface area contributed by atoms with E-state index in [9.17, 15) is 21.1 Å². The highest BCUT2D eigenvalue weighted by atomic mass is 28.5. The number of hydrogen-bond donors (Lipinski definition) is 0. The van der Waals surface area contributed by atoms with Gasteiger partial charge in [0, 0.05) is 12.5 Å². The summed E-state index contributed by atoms with van der Waals surface area (Å²) < 4.78 is 59.8. The second kappa shape index (κ2) is 4.36. The molecule has 0 aromatic heterocycles. The molecule has 0 N–H and O–H groups in total. The zero-order valence-corrected chi connectivity index (χ0v) is 9.13. The zero-order valence-electron chi connectivity index (χ0n) is 6.72. The molecular formula is C5H11F5Si2. The fraction of sp³-hybridized carbons (Fsp3) is 1.00. The first-order chi connectivity index (χ1) is 5.27. The summed E-state index contributed by atoms with van der Waals surface area (Å²) in [7, 11) is -7.43. The molecule has 0 atom stereocenters. The predicted octanol–water partition coefficient (Wildman–Crippen LogP) is 2.42. The van der Waals surface area contributed by atoms with Crippen molar-refractivity contribution in [2.45, 2.75) is 31.0 Å². The van der Waals surface area contributed by atoms with E-state index in [2.05, 4.69) is 0 Å². The van der Waals surface area contributed by atoms with Gasteiger partial charge in [-0.05, 0) is 0 Å². The Morgan fingerprint density at radius 2 is 1.75 bits per heavy atom. The van der Waals surface area contributed by atoms with E-state index in [4.69, 9.17) is 0 Å². The molecule has 0 saturated carbocycles. The molecule has 0 radical (unpaired) electrons. The number of halogens is 5. The summed E-state index contributed by atoms with van der Waals surface area (Å²) in [5.41, 5.74) is -2.78. The molecule has 74 valence electrons. The zero-order chi connectivity index (χ0) is 9.83. The molecule has 0 aliphatic carbocycles. The third-order valence-electron chi connectivity index (χ3n) is 1.52. The lowest BCUT2D eigenvalue weighted by atomic mass is 10.5. The van der Waals surface area contributed by atoms with Crippen LogP contribution >= 0.6 is 0 Å². The lowest BCUT2D eigenvalue weighted by molar-refractivity contribution is 0.0863. The molecule has 0 aromatic carbocycles. The maximum atomic E-state index is 12.4. The quantitative estimate of drug-likeness (QED) is 0.381. The average Bonchev–Trinajstić information content (AvgIpc) is 1.84. The predicted molar refractivity (Wildman–Crippen MR) is 42.5 cm³/mol. The van der Waals surface area contributed by atoms with E-state index in [-0.39, 0.29) is 12.5 Å². The Bertz CT molecular complexity index is 132. The van der Waals surface area contributed by atoms with Crippen molar-refractivity contribution in [1.82, 2.24) is 0 Å². The molecule has 0 aromatic rings. The van der Waals surface area contributed by atoms with Crippen molar-refractivity contribution >= 4 is 18.6 Å². The van der Waals surface area contributed by atoms with Crippen LogP contribution in [-0.4, -0.2) is 24.1 Å². The van der Waals surface area contributed by atoms with Crippen LogP contribution in [0.4, 0.5) is 21.1 Å². The molecule has 0 aliphatic rings. The van der Waals surface area contributed by atoms with E-state index in [1.165, 1.54) is 6.92 Å². The van der Waals surface area contributed by atoms with Gasteiger partial charge in [-0.2, -0.15) is 0 Å². The Kier molecular flexibility index (Phi) is 4.39. The first-order valence-electron chi connectivity index (χ1n) is 3.71. The minimum atomic E-state index is -5.57. The van der Waals surface area contributed by atoms with E-state index in [0.29, 0.717) is 0 Å². The highest BCUT2D eigenvalue weighted by Gasteiger charge is 2.37. The van der Waals surface area contributed by atoms with Crippen LogP contribution in [0.15, 0.2) is 0 Å². The molecule has 0 nitrogen and oxygen atoms in total. The molecule has 7 heteroatoms. The molecule has 0 spiro atoms. The fourth-order valence-corrected chi connectivity index (χ4v) is 3.91. The monoisotopic (exact) mass is 222 g/mol. The molecular weight excluding hydrogens is 211 g/mol. The number of hydrogen-bond acceptors (Lipinski definition) is 0. The largest absolute Gasteiger partial charge is 0.615 e. The van der Waals surface area contributed by atoms with Crippen molar-refractivity contribution in [1.29, 1.82) is 0 Å². The van der Waals surface area contributed by atoms with Crippen molar-refractivity contribution < 1.29 is 21.1 Å². The second-order valence-corrected chi connectivity index (χ2v) is 6.65. The molecule has 0 bridgehead atoms. The molecule has 0 rings (SSSR count). The lowest BCUT2D eigenvalue weighted by Crippen LogP contribution is -2.25. The van der Waals surface area contributed by atoms with Crippen molar-refractivity contribution in [3.05, 3.63) is 0 Å². The van der Waals surface area contributed by atoms with Crippen LogP contribution in [0.3, 0.4) is 0 Å². The highest BCUT2D eigenvalue weighted by molar-refractivity contribution is 6.60. The van der Waals surface area contributed by atoms with Crippen LogP contribution in [0.5, 0.6) is 0 Å². The van der Waals surface area contributed by atoms with Crippen LogP contribution in [0, 0.1) is 0 Å². The van der Waals surface area contributed by atoms with Gasteiger partial charge in [-0.3, -0.25) is 0 Å². The Morgan fingerprint density at radius 3 is 2.08 bits per heavy atom. The molecule has 0 amide bonds. The normalized spacial score (nSPS) is 14.5. The smallest absolute Gasteiger partial charge is 0.238 e. The van der Waals surface area contributed by atoms with E-state index in [0.717, 1.165) is 0 Å². The molecule has 12 heavy (non-hydrogen) atoms. The summed E-state index contributed by atoms with van der Waals surface area (Å²) in [5.74, 6) is 0. The van der Waals surface area contributed by atoms with Crippen LogP contribution in [-0.2, 0) is 0 Å². The SMILES string of the molecule is CCC(F)(F)[SiH2]CC[Si](F)(F)F. The van der Waals surface area contributed by atoms with Crippen molar-refractivity contribution in [2.24, 2.45) is 0 Å². The van der Waals surface area contributed by atoms with Gasteiger partial charge < -0.3 is 0 Å². The van der Waals surface area contributed by atoms with E-state index in [1.54, 1.807) is 0 Å². The molecule has 0 fully saturated rings. The van der Waals surface area contributed by atoms with Gasteiger partial charge in [0.05, 0.1) is 0 Å². The Morgan fingerprint density at radius 1 is 1.25 bits per heavy atom. The van der Waals surface area contributed by atoms with Gasteiger partial charge in [-0.15, -0.1) is 0 Å². The minimum Gasteiger partial charge on any atom is -0.238 e. The summed E-state index contributed by atoms with van der Waals surface area (Å²) in [5, 5.41) is 0. The summed E-state index contributed by atoms with van der Waals surface area (Å²) >= 11 is 0. The Hall–Kier alpha value is 0.0838. The maximum absolute atomic E-state index is 12.4. The standard InChI is InChI=1S/C5H11F5Si2/c1-2-5(6,7)11-3-4-12(8,9)10/h2-4,11H2,1H3. The van der Waals surface area contributed by atoms with Gasteiger partial charge in [-0.1, -0.05) is 13.0 Å². The maximum Gasteiger partial charge on any atom is 0.615 e.